The van der Waals surface area contributed by atoms with Crippen LogP contribution in [0.25, 0.3) is 10.9 Å². The topological polar surface area (TPSA) is 29.0 Å². The molecule has 0 spiro atoms. The van der Waals surface area contributed by atoms with Gasteiger partial charge in [0.1, 0.15) is 0 Å². The Hall–Kier alpha value is -2.26. The Morgan fingerprint density at radius 2 is 2.00 bits per heavy atom. The molecule has 1 aliphatic rings. The number of hydrogen-bond acceptors (Lipinski definition) is 3. The van der Waals surface area contributed by atoms with Crippen molar-refractivity contribution in [2.45, 2.75) is 12.5 Å². The number of rotatable bonds is 1. The molecule has 0 saturated carbocycles. The molecule has 0 amide bonds. The first-order valence-electron chi connectivity index (χ1n) is 7.29. The number of likely N-dealkylation sites (N-methyl/N-ethyl adjacent to an activating group) is 1. The van der Waals surface area contributed by atoms with E-state index in [-0.39, 0.29) is 0 Å². The maximum absolute atomic E-state index is 4.25. The van der Waals surface area contributed by atoms with Gasteiger partial charge >= 0.3 is 0 Å². The molecule has 21 heavy (non-hydrogen) atoms. The van der Waals surface area contributed by atoms with Crippen molar-refractivity contribution in [1.29, 1.82) is 0 Å². The second kappa shape index (κ2) is 4.93. The van der Waals surface area contributed by atoms with Gasteiger partial charge in [-0.05, 0) is 35.9 Å². The van der Waals surface area contributed by atoms with Gasteiger partial charge in [-0.3, -0.25) is 0 Å². The first-order chi connectivity index (χ1) is 10.3. The van der Waals surface area contributed by atoms with E-state index in [1.54, 1.807) is 6.20 Å². The van der Waals surface area contributed by atoms with Gasteiger partial charge in [0, 0.05) is 24.4 Å². The summed E-state index contributed by atoms with van der Waals surface area (Å²) in [7, 11) is 2.18. The zero-order valence-corrected chi connectivity index (χ0v) is 12.0. The first kappa shape index (κ1) is 12.5. The van der Waals surface area contributed by atoms with Gasteiger partial charge in [0.2, 0.25) is 0 Å². The van der Waals surface area contributed by atoms with Crippen molar-refractivity contribution < 1.29 is 0 Å². The molecule has 1 aliphatic heterocycles. The summed E-state index contributed by atoms with van der Waals surface area (Å²) in [6.45, 7) is 2.07. The molecule has 0 aliphatic carbocycles. The molecule has 2 heterocycles. The molecule has 3 heteroatoms. The zero-order valence-electron chi connectivity index (χ0n) is 12.0. The Morgan fingerprint density at radius 1 is 1.10 bits per heavy atom. The Balaban J connectivity index is 1.84. The number of aromatic nitrogens is 2. The summed E-state index contributed by atoms with van der Waals surface area (Å²) in [5.74, 6) is 0.409. The lowest BCUT2D eigenvalue weighted by Crippen LogP contribution is -2.30. The lowest BCUT2D eigenvalue weighted by Gasteiger charge is -2.32. The highest BCUT2D eigenvalue weighted by Crippen LogP contribution is 2.33. The Kier molecular flexibility index (Phi) is 2.93. The van der Waals surface area contributed by atoms with Gasteiger partial charge in [-0.1, -0.05) is 36.4 Å². The molecule has 3 nitrogen and oxygen atoms in total. The van der Waals surface area contributed by atoms with E-state index in [2.05, 4.69) is 64.6 Å². The van der Waals surface area contributed by atoms with Crippen molar-refractivity contribution in [3.8, 4) is 0 Å². The van der Waals surface area contributed by atoms with Gasteiger partial charge in [0.25, 0.3) is 0 Å². The van der Waals surface area contributed by atoms with Crippen molar-refractivity contribution in [2.24, 2.45) is 0 Å². The molecule has 0 unspecified atom stereocenters. The largest absolute Gasteiger partial charge is 0.301 e. The summed E-state index contributed by atoms with van der Waals surface area (Å²) < 4.78 is 0. The van der Waals surface area contributed by atoms with Crippen molar-refractivity contribution in [3.05, 3.63) is 71.4 Å². The molecule has 2 aromatic carbocycles. The summed E-state index contributed by atoms with van der Waals surface area (Å²) in [5, 5.41) is 9.39. The molecule has 0 saturated heterocycles. The Bertz CT molecular complexity index is 797. The second-order valence-electron chi connectivity index (χ2n) is 5.80. The van der Waals surface area contributed by atoms with Crippen LogP contribution < -0.4 is 0 Å². The molecule has 1 aromatic heterocycles. The van der Waals surface area contributed by atoms with Crippen molar-refractivity contribution in [1.82, 2.24) is 15.1 Å². The fourth-order valence-electron chi connectivity index (χ4n) is 3.28. The normalized spacial score (nSPS) is 18.6. The number of hydrogen-bond donors (Lipinski definition) is 0. The van der Waals surface area contributed by atoms with Crippen molar-refractivity contribution in [3.63, 3.8) is 0 Å². The van der Waals surface area contributed by atoms with Crippen LogP contribution >= 0.6 is 0 Å². The smallest absolute Gasteiger partial charge is 0.0932 e. The predicted molar refractivity (Wildman–Crippen MR) is 84.2 cm³/mol. The van der Waals surface area contributed by atoms with Gasteiger partial charge < -0.3 is 4.90 Å². The molecule has 3 aromatic rings. The van der Waals surface area contributed by atoms with E-state index >= 15 is 0 Å². The average molecular weight is 275 g/mol. The van der Waals surface area contributed by atoms with E-state index in [1.165, 1.54) is 16.7 Å². The molecule has 0 N–H and O–H groups in total. The van der Waals surface area contributed by atoms with Gasteiger partial charge in [-0.15, -0.1) is 0 Å². The maximum Gasteiger partial charge on any atom is 0.0932 e. The van der Waals surface area contributed by atoms with Crippen LogP contribution in [0.1, 0.15) is 22.6 Å². The van der Waals surface area contributed by atoms with Gasteiger partial charge in [-0.25, -0.2) is 0 Å². The third-order valence-electron chi connectivity index (χ3n) is 4.31. The zero-order chi connectivity index (χ0) is 14.2. The van der Waals surface area contributed by atoms with E-state index in [0.29, 0.717) is 5.92 Å². The highest BCUT2D eigenvalue weighted by molar-refractivity contribution is 5.78. The van der Waals surface area contributed by atoms with Crippen LogP contribution in [0.4, 0.5) is 0 Å². The van der Waals surface area contributed by atoms with Gasteiger partial charge in [-0.2, -0.15) is 10.2 Å². The van der Waals surface area contributed by atoms with Gasteiger partial charge in [0.05, 0.1) is 11.7 Å². The second-order valence-corrected chi connectivity index (χ2v) is 5.80. The third kappa shape index (κ3) is 2.20. The summed E-state index contributed by atoms with van der Waals surface area (Å²) in [6.07, 6.45) is 1.74. The van der Waals surface area contributed by atoms with E-state index < -0.39 is 0 Å². The van der Waals surface area contributed by atoms with Crippen LogP contribution in [0, 0.1) is 0 Å². The highest BCUT2D eigenvalue weighted by Gasteiger charge is 2.24. The van der Waals surface area contributed by atoms with Gasteiger partial charge in [0.15, 0.2) is 0 Å². The summed E-state index contributed by atoms with van der Waals surface area (Å²) in [4.78, 5) is 2.38. The predicted octanol–water partition coefficient (Wildman–Crippen LogP) is 3.21. The number of fused-ring (bicyclic) bond motifs is 2. The first-order valence-corrected chi connectivity index (χ1v) is 7.29. The average Bonchev–Trinajstić information content (AvgIpc) is 2.53. The SMILES string of the molecule is CN1Cc2ccccc2[C@H](c2ccc3ccnnc3c2)C1. The molecule has 0 radical (unpaired) electrons. The molecule has 4 rings (SSSR count). The summed E-state index contributed by atoms with van der Waals surface area (Å²) >= 11 is 0. The number of nitrogens with zero attached hydrogens (tertiary/aromatic N) is 3. The Labute approximate surface area is 124 Å². The summed E-state index contributed by atoms with van der Waals surface area (Å²) in [5.41, 5.74) is 5.16. The monoisotopic (exact) mass is 275 g/mol. The van der Waals surface area contributed by atoms with E-state index in [9.17, 15) is 0 Å². The number of benzene rings is 2. The summed E-state index contributed by atoms with van der Waals surface area (Å²) in [6, 6.07) is 17.3. The van der Waals surface area contributed by atoms with E-state index in [0.717, 1.165) is 24.0 Å². The van der Waals surface area contributed by atoms with Crippen LogP contribution in [-0.4, -0.2) is 28.7 Å². The molecule has 1 atom stereocenters. The highest BCUT2D eigenvalue weighted by atomic mass is 15.1. The van der Waals surface area contributed by atoms with Crippen LogP contribution in [0.15, 0.2) is 54.7 Å². The van der Waals surface area contributed by atoms with Crippen LogP contribution in [0.3, 0.4) is 0 Å². The van der Waals surface area contributed by atoms with Crippen LogP contribution in [0.2, 0.25) is 0 Å². The van der Waals surface area contributed by atoms with Crippen LogP contribution in [0.5, 0.6) is 0 Å². The lowest BCUT2D eigenvalue weighted by atomic mass is 9.84. The molecule has 0 bridgehead atoms. The molecular formula is C18H17N3. The molecule has 104 valence electrons. The third-order valence-corrected chi connectivity index (χ3v) is 4.31. The Morgan fingerprint density at radius 3 is 2.95 bits per heavy atom. The standard InChI is InChI=1S/C18H17N3/c1-21-11-15-4-2-3-5-16(15)17(12-21)14-7-6-13-8-9-19-20-18(13)10-14/h2-10,17H,11-12H2,1H3/t17-/m0/s1. The molecular weight excluding hydrogens is 258 g/mol. The lowest BCUT2D eigenvalue weighted by molar-refractivity contribution is 0.295. The maximum atomic E-state index is 4.25. The van der Waals surface area contributed by atoms with Crippen LogP contribution in [-0.2, 0) is 6.54 Å². The fourth-order valence-corrected chi connectivity index (χ4v) is 3.28. The molecule has 0 fully saturated rings. The quantitative estimate of drug-likeness (QED) is 0.683. The minimum absolute atomic E-state index is 0.409. The van der Waals surface area contributed by atoms with E-state index in [4.69, 9.17) is 0 Å². The van der Waals surface area contributed by atoms with E-state index in [1.807, 2.05) is 6.07 Å². The van der Waals surface area contributed by atoms with Crippen molar-refractivity contribution >= 4 is 10.9 Å². The fraction of sp³-hybridized carbons (Fsp3) is 0.222. The minimum atomic E-state index is 0.409. The van der Waals surface area contributed by atoms with Crippen molar-refractivity contribution in [2.75, 3.05) is 13.6 Å². The minimum Gasteiger partial charge on any atom is -0.301 e.